The third kappa shape index (κ3) is 4.84. The van der Waals surface area contributed by atoms with Crippen molar-refractivity contribution in [2.75, 3.05) is 7.11 Å². The summed E-state index contributed by atoms with van der Waals surface area (Å²) >= 11 is 0. The predicted molar refractivity (Wildman–Crippen MR) is 48.0 cm³/mol. The second-order valence-corrected chi connectivity index (χ2v) is 2.72. The Morgan fingerprint density at radius 1 is 1.38 bits per heavy atom. The van der Waals surface area contributed by atoms with Gasteiger partial charge in [0.05, 0.1) is 7.11 Å². The summed E-state index contributed by atoms with van der Waals surface area (Å²) in [5, 5.41) is 4.78. The number of esters is 1. The van der Waals surface area contributed by atoms with Crippen molar-refractivity contribution < 1.29 is 14.3 Å². The molecule has 0 saturated carbocycles. The molecule has 0 rings (SSSR count). The number of hydrogen-bond donors (Lipinski definition) is 2. The van der Waals surface area contributed by atoms with E-state index in [9.17, 15) is 9.59 Å². The lowest BCUT2D eigenvalue weighted by Crippen LogP contribution is -2.40. The molecule has 0 saturated heterocycles. The molecule has 0 aromatic rings. The highest BCUT2D eigenvalue weighted by molar-refractivity contribution is 5.92. The lowest BCUT2D eigenvalue weighted by atomic mass is 10.4. The number of amides is 2. The minimum Gasteiger partial charge on any atom is -0.464 e. The zero-order valence-corrected chi connectivity index (χ0v) is 8.01. The van der Waals surface area contributed by atoms with Crippen LogP contribution in [-0.4, -0.2) is 25.2 Å². The third-order valence-electron chi connectivity index (χ3n) is 1.12. The van der Waals surface area contributed by atoms with Crippen molar-refractivity contribution in [1.82, 2.24) is 10.6 Å². The third-order valence-corrected chi connectivity index (χ3v) is 1.12. The van der Waals surface area contributed by atoms with Crippen LogP contribution in [-0.2, 0) is 9.53 Å². The minimum absolute atomic E-state index is 0.00504. The van der Waals surface area contributed by atoms with Gasteiger partial charge in [-0.2, -0.15) is 0 Å². The maximum absolute atomic E-state index is 11.0. The Hall–Kier alpha value is -1.52. The van der Waals surface area contributed by atoms with E-state index in [1.54, 1.807) is 13.8 Å². The van der Waals surface area contributed by atoms with Gasteiger partial charge in [0.2, 0.25) is 0 Å². The Morgan fingerprint density at radius 2 is 1.92 bits per heavy atom. The van der Waals surface area contributed by atoms with Crippen LogP contribution in [0.3, 0.4) is 0 Å². The monoisotopic (exact) mass is 186 g/mol. The van der Waals surface area contributed by atoms with Gasteiger partial charge in [0.1, 0.15) is 5.70 Å². The van der Waals surface area contributed by atoms with Crippen LogP contribution in [0.5, 0.6) is 0 Å². The normalized spacial score (nSPS) is 9.23. The number of nitrogens with one attached hydrogen (secondary N) is 2. The number of ether oxygens (including phenoxy) is 1. The van der Waals surface area contributed by atoms with Crippen LogP contribution in [0.2, 0.25) is 0 Å². The van der Waals surface area contributed by atoms with E-state index in [0.717, 1.165) is 0 Å². The molecular weight excluding hydrogens is 172 g/mol. The summed E-state index contributed by atoms with van der Waals surface area (Å²) in [5.41, 5.74) is -0.0827. The van der Waals surface area contributed by atoms with Gasteiger partial charge in [-0.3, -0.25) is 0 Å². The van der Waals surface area contributed by atoms with Crippen molar-refractivity contribution in [3.8, 4) is 0 Å². The van der Waals surface area contributed by atoms with Crippen molar-refractivity contribution in [2.45, 2.75) is 19.9 Å². The minimum atomic E-state index is -0.654. The molecule has 2 amide bonds. The second-order valence-electron chi connectivity index (χ2n) is 2.72. The molecule has 0 radical (unpaired) electrons. The van der Waals surface area contributed by atoms with E-state index in [2.05, 4.69) is 21.9 Å². The van der Waals surface area contributed by atoms with E-state index < -0.39 is 12.0 Å². The number of methoxy groups -OCH3 is 1. The van der Waals surface area contributed by atoms with Crippen LogP contribution >= 0.6 is 0 Å². The quantitative estimate of drug-likeness (QED) is 0.494. The van der Waals surface area contributed by atoms with Gasteiger partial charge in [0.15, 0.2) is 0 Å². The Bertz CT molecular complexity index is 223. The fraction of sp³-hybridized carbons (Fsp3) is 0.500. The van der Waals surface area contributed by atoms with Crippen LogP contribution in [0.1, 0.15) is 13.8 Å². The number of hydrogen-bond acceptors (Lipinski definition) is 3. The van der Waals surface area contributed by atoms with Gasteiger partial charge in [0.25, 0.3) is 0 Å². The van der Waals surface area contributed by atoms with Crippen molar-refractivity contribution >= 4 is 12.0 Å². The van der Waals surface area contributed by atoms with Gasteiger partial charge in [-0.25, -0.2) is 9.59 Å². The van der Waals surface area contributed by atoms with Crippen LogP contribution < -0.4 is 10.6 Å². The molecule has 0 heterocycles. The van der Waals surface area contributed by atoms with Gasteiger partial charge >= 0.3 is 12.0 Å². The largest absolute Gasteiger partial charge is 0.464 e. The van der Waals surface area contributed by atoms with E-state index in [1.807, 2.05) is 0 Å². The average Bonchev–Trinajstić information content (AvgIpc) is 2.01. The molecule has 2 N–H and O–H groups in total. The first-order chi connectivity index (χ1) is 5.97. The molecule has 13 heavy (non-hydrogen) atoms. The Balaban J connectivity index is 3.92. The highest BCUT2D eigenvalue weighted by atomic mass is 16.5. The molecule has 0 fully saturated rings. The van der Waals surface area contributed by atoms with Gasteiger partial charge in [-0.15, -0.1) is 0 Å². The molecule has 0 aromatic heterocycles. The molecule has 0 aromatic carbocycles. The summed E-state index contributed by atoms with van der Waals surface area (Å²) in [4.78, 5) is 21.8. The van der Waals surface area contributed by atoms with E-state index in [4.69, 9.17) is 0 Å². The summed E-state index contributed by atoms with van der Waals surface area (Å²) in [6.07, 6.45) is 0. The number of urea groups is 1. The molecule has 0 aliphatic rings. The van der Waals surface area contributed by atoms with Crippen LogP contribution in [0.4, 0.5) is 4.79 Å². The maximum Gasteiger partial charge on any atom is 0.353 e. The topological polar surface area (TPSA) is 67.4 Å². The SMILES string of the molecule is C=C(NC(=O)NC(C)C)C(=O)OC. The predicted octanol–water partition coefficient (Wildman–Crippen LogP) is 0.381. The van der Waals surface area contributed by atoms with Gasteiger partial charge in [-0.1, -0.05) is 6.58 Å². The van der Waals surface area contributed by atoms with Crippen LogP contribution in [0, 0.1) is 0 Å². The van der Waals surface area contributed by atoms with E-state index >= 15 is 0 Å². The van der Waals surface area contributed by atoms with E-state index in [1.165, 1.54) is 7.11 Å². The molecule has 0 atom stereocenters. The molecule has 5 nitrogen and oxygen atoms in total. The Labute approximate surface area is 77.1 Å². The summed E-state index contributed by atoms with van der Waals surface area (Å²) in [6.45, 7) is 6.94. The standard InChI is InChI=1S/C8H14N2O3/c1-5(2)9-8(12)10-6(3)7(11)13-4/h5H,3H2,1-2,4H3,(H2,9,10,12). The summed E-state index contributed by atoms with van der Waals surface area (Å²) in [7, 11) is 1.22. The first-order valence-corrected chi connectivity index (χ1v) is 3.82. The summed E-state index contributed by atoms with van der Waals surface area (Å²) < 4.78 is 4.34. The molecule has 0 aliphatic heterocycles. The lowest BCUT2D eigenvalue weighted by Gasteiger charge is -2.10. The summed E-state index contributed by atoms with van der Waals surface area (Å²) in [5.74, 6) is -0.654. The Morgan fingerprint density at radius 3 is 2.31 bits per heavy atom. The molecule has 74 valence electrons. The molecule has 0 unspecified atom stereocenters. The second kappa shape index (κ2) is 5.18. The van der Waals surface area contributed by atoms with Crippen molar-refractivity contribution in [2.24, 2.45) is 0 Å². The molecule has 5 heteroatoms. The highest BCUT2D eigenvalue weighted by Crippen LogP contribution is 1.88. The lowest BCUT2D eigenvalue weighted by molar-refractivity contribution is -0.136. The fourth-order valence-corrected chi connectivity index (χ4v) is 0.610. The maximum atomic E-state index is 11.0. The molecular formula is C8H14N2O3. The first kappa shape index (κ1) is 11.5. The highest BCUT2D eigenvalue weighted by Gasteiger charge is 2.10. The molecule has 0 bridgehead atoms. The summed E-state index contributed by atoms with van der Waals surface area (Å²) in [6, 6.07) is -0.462. The first-order valence-electron chi connectivity index (χ1n) is 3.82. The van der Waals surface area contributed by atoms with Crippen molar-refractivity contribution in [1.29, 1.82) is 0 Å². The van der Waals surface area contributed by atoms with Crippen LogP contribution in [0.15, 0.2) is 12.3 Å². The number of carbonyl (C=O) groups is 2. The zero-order chi connectivity index (χ0) is 10.4. The average molecular weight is 186 g/mol. The smallest absolute Gasteiger partial charge is 0.353 e. The van der Waals surface area contributed by atoms with E-state index in [-0.39, 0.29) is 11.7 Å². The van der Waals surface area contributed by atoms with Gasteiger partial charge < -0.3 is 15.4 Å². The number of carbonyl (C=O) groups excluding carboxylic acids is 2. The number of rotatable bonds is 3. The van der Waals surface area contributed by atoms with Crippen molar-refractivity contribution in [3.63, 3.8) is 0 Å². The Kier molecular flexibility index (Phi) is 4.58. The fourth-order valence-electron chi connectivity index (χ4n) is 0.610. The van der Waals surface area contributed by atoms with Crippen molar-refractivity contribution in [3.05, 3.63) is 12.3 Å². The van der Waals surface area contributed by atoms with E-state index in [0.29, 0.717) is 0 Å². The molecule has 0 spiro atoms. The van der Waals surface area contributed by atoms with Gasteiger partial charge in [0, 0.05) is 6.04 Å². The van der Waals surface area contributed by atoms with Crippen LogP contribution in [0.25, 0.3) is 0 Å². The molecule has 0 aliphatic carbocycles. The zero-order valence-electron chi connectivity index (χ0n) is 8.01. The van der Waals surface area contributed by atoms with Gasteiger partial charge in [-0.05, 0) is 13.8 Å².